The van der Waals surface area contributed by atoms with Crippen LogP contribution in [0.4, 0.5) is 5.95 Å². The predicted molar refractivity (Wildman–Crippen MR) is 88.7 cm³/mol. The van der Waals surface area contributed by atoms with E-state index in [0.717, 1.165) is 39.9 Å². The Morgan fingerprint density at radius 2 is 2.10 bits per heavy atom. The minimum Gasteiger partial charge on any atom is -0.369 e. The van der Waals surface area contributed by atoms with Gasteiger partial charge in [0.05, 0.1) is 11.4 Å². The third kappa shape index (κ3) is 2.23. The van der Waals surface area contributed by atoms with Crippen molar-refractivity contribution in [3.8, 4) is 5.69 Å². The maximum Gasteiger partial charge on any atom is 0.207 e. The van der Waals surface area contributed by atoms with E-state index in [-0.39, 0.29) is 0 Å². The number of rotatable bonds is 3. The van der Waals surface area contributed by atoms with Crippen LogP contribution in [-0.2, 0) is 13.5 Å². The molecule has 21 heavy (non-hydrogen) atoms. The van der Waals surface area contributed by atoms with Gasteiger partial charge in [-0.2, -0.15) is 5.10 Å². The van der Waals surface area contributed by atoms with Crippen LogP contribution in [0.3, 0.4) is 0 Å². The van der Waals surface area contributed by atoms with Gasteiger partial charge in [0.1, 0.15) is 5.52 Å². The lowest BCUT2D eigenvalue weighted by atomic mass is 10.2. The molecule has 2 aromatic heterocycles. The zero-order valence-corrected chi connectivity index (χ0v) is 14.0. The van der Waals surface area contributed by atoms with E-state index in [1.807, 2.05) is 22.4 Å². The second-order valence-corrected chi connectivity index (χ2v) is 6.11. The summed E-state index contributed by atoms with van der Waals surface area (Å²) in [7, 11) is 1.93. The molecule has 3 rings (SSSR count). The van der Waals surface area contributed by atoms with Crippen LogP contribution >= 0.6 is 15.9 Å². The molecule has 0 fully saturated rings. The normalized spacial score (nSPS) is 11.4. The predicted octanol–water partition coefficient (Wildman–Crippen LogP) is 3.36. The summed E-state index contributed by atoms with van der Waals surface area (Å²) in [5, 5.41) is 4.58. The second-order valence-electron chi connectivity index (χ2n) is 5.25. The highest BCUT2D eigenvalue weighted by Crippen LogP contribution is 2.30. The number of fused-ring (bicyclic) bond motifs is 1. The summed E-state index contributed by atoms with van der Waals surface area (Å²) in [5.74, 6) is 0.488. The van der Waals surface area contributed by atoms with Crippen molar-refractivity contribution in [3.63, 3.8) is 0 Å². The van der Waals surface area contributed by atoms with Gasteiger partial charge in [0.15, 0.2) is 5.65 Å². The molecule has 0 spiro atoms. The van der Waals surface area contributed by atoms with Gasteiger partial charge in [0, 0.05) is 11.5 Å². The number of hydrogen-bond donors (Lipinski definition) is 1. The SMILES string of the molecule is CCCc1nn(C)c2c1nc(N)n2-c1cc(C)ccc1Br. The van der Waals surface area contributed by atoms with Gasteiger partial charge >= 0.3 is 0 Å². The second kappa shape index (κ2) is 5.18. The molecule has 0 radical (unpaired) electrons. The summed E-state index contributed by atoms with van der Waals surface area (Å²) >= 11 is 3.60. The molecule has 0 aliphatic heterocycles. The van der Waals surface area contributed by atoms with E-state index < -0.39 is 0 Å². The van der Waals surface area contributed by atoms with Crippen LogP contribution in [0.15, 0.2) is 22.7 Å². The molecule has 2 N–H and O–H groups in total. The molecule has 6 heteroatoms. The number of imidazole rings is 1. The van der Waals surface area contributed by atoms with Crippen molar-refractivity contribution in [3.05, 3.63) is 33.9 Å². The molecular formula is C15H18BrN5. The number of hydrogen-bond acceptors (Lipinski definition) is 3. The van der Waals surface area contributed by atoms with Gasteiger partial charge in [0.25, 0.3) is 0 Å². The number of aryl methyl sites for hydroxylation is 3. The first-order chi connectivity index (χ1) is 10.0. The summed E-state index contributed by atoms with van der Waals surface area (Å²) in [6, 6.07) is 6.18. The van der Waals surface area contributed by atoms with Crippen LogP contribution in [-0.4, -0.2) is 19.3 Å². The number of halogens is 1. The highest BCUT2D eigenvalue weighted by Gasteiger charge is 2.19. The molecule has 0 aliphatic rings. The lowest BCUT2D eigenvalue weighted by molar-refractivity contribution is 0.737. The van der Waals surface area contributed by atoms with Crippen molar-refractivity contribution in [2.75, 3.05) is 5.73 Å². The molecule has 0 aliphatic carbocycles. The maximum atomic E-state index is 6.17. The fourth-order valence-corrected chi connectivity index (χ4v) is 3.06. The average Bonchev–Trinajstić information content (AvgIpc) is 2.91. The molecular weight excluding hydrogens is 330 g/mol. The molecule has 0 amide bonds. The van der Waals surface area contributed by atoms with Crippen molar-refractivity contribution in [2.45, 2.75) is 26.7 Å². The summed E-state index contributed by atoms with van der Waals surface area (Å²) in [6.45, 7) is 4.20. The third-order valence-corrected chi connectivity index (χ3v) is 4.23. The van der Waals surface area contributed by atoms with Crippen molar-refractivity contribution >= 4 is 33.0 Å². The minimum atomic E-state index is 0.488. The van der Waals surface area contributed by atoms with Gasteiger partial charge in [-0.15, -0.1) is 0 Å². The Labute approximate surface area is 131 Å². The molecule has 2 heterocycles. The van der Waals surface area contributed by atoms with Gasteiger partial charge < -0.3 is 5.73 Å². The van der Waals surface area contributed by atoms with Crippen LogP contribution in [0.5, 0.6) is 0 Å². The van der Waals surface area contributed by atoms with Gasteiger partial charge in [-0.1, -0.05) is 19.4 Å². The van der Waals surface area contributed by atoms with Crippen molar-refractivity contribution < 1.29 is 0 Å². The van der Waals surface area contributed by atoms with E-state index in [4.69, 9.17) is 5.73 Å². The van der Waals surface area contributed by atoms with Crippen LogP contribution in [0.2, 0.25) is 0 Å². The van der Waals surface area contributed by atoms with Crippen LogP contribution in [0, 0.1) is 6.92 Å². The van der Waals surface area contributed by atoms with Crippen LogP contribution in [0.25, 0.3) is 16.9 Å². The Morgan fingerprint density at radius 1 is 1.33 bits per heavy atom. The number of nitrogen functional groups attached to an aromatic ring is 1. The molecule has 110 valence electrons. The highest BCUT2D eigenvalue weighted by atomic mass is 79.9. The fourth-order valence-electron chi connectivity index (χ4n) is 2.63. The average molecular weight is 348 g/mol. The van der Waals surface area contributed by atoms with E-state index in [2.05, 4.69) is 52.0 Å². The molecule has 3 aromatic rings. The summed E-state index contributed by atoms with van der Waals surface area (Å²) in [4.78, 5) is 4.54. The first kappa shape index (κ1) is 14.1. The van der Waals surface area contributed by atoms with Gasteiger partial charge in [-0.3, -0.25) is 4.57 Å². The molecule has 5 nitrogen and oxygen atoms in total. The maximum absolute atomic E-state index is 6.17. The number of benzene rings is 1. The monoisotopic (exact) mass is 347 g/mol. The number of anilines is 1. The first-order valence-electron chi connectivity index (χ1n) is 6.99. The Balaban J connectivity index is 2.32. The summed E-state index contributed by atoms with van der Waals surface area (Å²) in [5.41, 5.74) is 11.2. The summed E-state index contributed by atoms with van der Waals surface area (Å²) < 4.78 is 4.80. The van der Waals surface area contributed by atoms with Crippen LogP contribution < -0.4 is 5.73 Å². The number of nitrogens with zero attached hydrogens (tertiary/aromatic N) is 4. The Morgan fingerprint density at radius 3 is 2.81 bits per heavy atom. The number of aromatic nitrogens is 4. The third-order valence-electron chi connectivity index (χ3n) is 3.56. The quantitative estimate of drug-likeness (QED) is 0.789. The Kier molecular flexibility index (Phi) is 3.49. The van der Waals surface area contributed by atoms with E-state index in [1.165, 1.54) is 5.56 Å². The van der Waals surface area contributed by atoms with Crippen molar-refractivity contribution in [1.29, 1.82) is 0 Å². The standard InChI is InChI=1S/C15H18BrN5/c1-4-5-11-13-14(20(3)19-11)21(15(17)18-13)12-8-9(2)6-7-10(12)16/h6-8H,4-5H2,1-3H3,(H2,17,18). The smallest absolute Gasteiger partial charge is 0.207 e. The lowest BCUT2D eigenvalue weighted by Crippen LogP contribution is -2.06. The van der Waals surface area contributed by atoms with Crippen LogP contribution in [0.1, 0.15) is 24.6 Å². The highest BCUT2D eigenvalue weighted by molar-refractivity contribution is 9.10. The topological polar surface area (TPSA) is 61.7 Å². The van der Waals surface area contributed by atoms with E-state index in [9.17, 15) is 0 Å². The Hall–Kier alpha value is -1.82. The van der Waals surface area contributed by atoms with E-state index in [0.29, 0.717) is 5.95 Å². The van der Waals surface area contributed by atoms with Gasteiger partial charge in [-0.25, -0.2) is 9.67 Å². The molecule has 0 atom stereocenters. The Bertz CT molecular complexity index is 815. The lowest BCUT2D eigenvalue weighted by Gasteiger charge is -2.10. The van der Waals surface area contributed by atoms with Crippen molar-refractivity contribution in [2.24, 2.45) is 7.05 Å². The van der Waals surface area contributed by atoms with E-state index in [1.54, 1.807) is 0 Å². The van der Waals surface area contributed by atoms with Crippen molar-refractivity contribution in [1.82, 2.24) is 19.3 Å². The minimum absolute atomic E-state index is 0.488. The molecule has 0 saturated carbocycles. The molecule has 0 unspecified atom stereocenters. The first-order valence-corrected chi connectivity index (χ1v) is 7.78. The van der Waals surface area contributed by atoms with Gasteiger partial charge in [-0.05, 0) is 47.0 Å². The fraction of sp³-hybridized carbons (Fsp3) is 0.333. The molecule has 0 saturated heterocycles. The molecule has 0 bridgehead atoms. The zero-order valence-electron chi connectivity index (χ0n) is 12.4. The molecule has 1 aromatic carbocycles. The summed E-state index contributed by atoms with van der Waals surface area (Å²) in [6.07, 6.45) is 1.94. The number of nitrogens with two attached hydrogens (primary N) is 1. The van der Waals surface area contributed by atoms with Gasteiger partial charge in [0.2, 0.25) is 5.95 Å². The largest absolute Gasteiger partial charge is 0.369 e. The van der Waals surface area contributed by atoms with E-state index >= 15 is 0 Å². The zero-order chi connectivity index (χ0) is 15.1.